The monoisotopic (exact) mass is 863 g/mol. The SMILES string of the molecule is CCCCCCCCCCCCCCC(=O)OC[C@H](COC(=O)CCCCCCCCCCCCCCCCCCCCC(C)C)OC(=O)CCCCCCCCC(C)CC. The summed E-state index contributed by atoms with van der Waals surface area (Å²) >= 11 is 0. The Bertz CT molecular complexity index is 933. The van der Waals surface area contributed by atoms with Crippen molar-refractivity contribution >= 4 is 17.9 Å². The van der Waals surface area contributed by atoms with E-state index in [1.807, 2.05) is 0 Å². The van der Waals surface area contributed by atoms with Crippen molar-refractivity contribution in [2.75, 3.05) is 13.2 Å². The van der Waals surface area contributed by atoms with Gasteiger partial charge < -0.3 is 14.2 Å². The number of ether oxygens (including phenoxy) is 3. The molecule has 6 nitrogen and oxygen atoms in total. The van der Waals surface area contributed by atoms with Gasteiger partial charge in [0.15, 0.2) is 6.10 Å². The minimum atomic E-state index is -0.762. The molecule has 0 rings (SSSR count). The Morgan fingerprint density at radius 3 is 0.934 bits per heavy atom. The average Bonchev–Trinajstić information content (AvgIpc) is 3.24. The molecule has 0 bridgehead atoms. The van der Waals surface area contributed by atoms with Crippen molar-refractivity contribution in [2.45, 2.75) is 310 Å². The van der Waals surface area contributed by atoms with Crippen LogP contribution in [-0.2, 0) is 28.6 Å². The molecule has 0 amide bonds. The van der Waals surface area contributed by atoms with Gasteiger partial charge in [0.1, 0.15) is 13.2 Å². The van der Waals surface area contributed by atoms with Crippen LogP contribution in [0.5, 0.6) is 0 Å². The average molecular weight is 863 g/mol. The van der Waals surface area contributed by atoms with Gasteiger partial charge in [0, 0.05) is 19.3 Å². The summed E-state index contributed by atoms with van der Waals surface area (Å²) in [5, 5.41) is 0. The summed E-state index contributed by atoms with van der Waals surface area (Å²) in [7, 11) is 0. The minimum absolute atomic E-state index is 0.0642. The topological polar surface area (TPSA) is 78.9 Å². The number of unbranched alkanes of at least 4 members (excludes halogenated alkanes) is 33. The van der Waals surface area contributed by atoms with Gasteiger partial charge in [-0.2, -0.15) is 0 Å². The van der Waals surface area contributed by atoms with Crippen LogP contribution in [-0.4, -0.2) is 37.2 Å². The van der Waals surface area contributed by atoms with E-state index >= 15 is 0 Å². The zero-order valence-electron chi connectivity index (χ0n) is 41.8. The van der Waals surface area contributed by atoms with Gasteiger partial charge >= 0.3 is 17.9 Å². The summed E-state index contributed by atoms with van der Waals surface area (Å²) < 4.78 is 16.8. The van der Waals surface area contributed by atoms with E-state index < -0.39 is 6.10 Å². The highest BCUT2D eigenvalue weighted by atomic mass is 16.6. The lowest BCUT2D eigenvalue weighted by atomic mass is 10.00. The number of esters is 3. The van der Waals surface area contributed by atoms with Crippen LogP contribution in [0, 0.1) is 11.8 Å². The van der Waals surface area contributed by atoms with Crippen LogP contribution in [0.4, 0.5) is 0 Å². The number of hydrogen-bond donors (Lipinski definition) is 0. The van der Waals surface area contributed by atoms with Crippen LogP contribution in [0.15, 0.2) is 0 Å². The Labute approximate surface area is 380 Å². The van der Waals surface area contributed by atoms with E-state index in [-0.39, 0.29) is 31.1 Å². The highest BCUT2D eigenvalue weighted by Crippen LogP contribution is 2.18. The summed E-state index contributed by atoms with van der Waals surface area (Å²) in [4.78, 5) is 37.9. The molecule has 0 saturated carbocycles. The van der Waals surface area contributed by atoms with Gasteiger partial charge in [0.25, 0.3) is 0 Å². The molecule has 0 aliphatic carbocycles. The number of carbonyl (C=O) groups excluding carboxylic acids is 3. The summed E-state index contributed by atoms with van der Waals surface area (Å²) in [6.07, 6.45) is 49.6. The van der Waals surface area contributed by atoms with E-state index in [0.717, 1.165) is 69.6 Å². The summed E-state index contributed by atoms with van der Waals surface area (Å²) in [6, 6.07) is 0. The van der Waals surface area contributed by atoms with Gasteiger partial charge in [-0.1, -0.05) is 266 Å². The lowest BCUT2D eigenvalue weighted by Crippen LogP contribution is -2.30. The molecule has 0 aliphatic rings. The number of hydrogen-bond acceptors (Lipinski definition) is 6. The van der Waals surface area contributed by atoms with Crippen LogP contribution in [0.3, 0.4) is 0 Å². The highest BCUT2D eigenvalue weighted by Gasteiger charge is 2.19. The van der Waals surface area contributed by atoms with Crippen molar-refractivity contribution in [3.63, 3.8) is 0 Å². The zero-order chi connectivity index (χ0) is 44.7. The molecule has 0 aromatic rings. The maximum Gasteiger partial charge on any atom is 0.306 e. The molecule has 0 N–H and O–H groups in total. The number of rotatable bonds is 49. The zero-order valence-corrected chi connectivity index (χ0v) is 41.8. The van der Waals surface area contributed by atoms with Gasteiger partial charge in [0.05, 0.1) is 0 Å². The van der Waals surface area contributed by atoms with Gasteiger partial charge in [-0.25, -0.2) is 0 Å². The predicted molar refractivity (Wildman–Crippen MR) is 261 cm³/mol. The standard InChI is InChI=1S/C55H106O6/c1-6-8-9-10-11-12-13-23-26-29-35-40-45-53(56)59-48-52(61-55(58)47-42-37-32-31-34-39-44-51(5)7-2)49-60-54(57)46-41-36-30-27-24-21-19-17-15-14-16-18-20-22-25-28-33-38-43-50(3)4/h50-52H,6-49H2,1-5H3/t51?,52-/m1/s1. The van der Waals surface area contributed by atoms with Gasteiger partial charge in [0.2, 0.25) is 0 Å². The second kappa shape index (κ2) is 47.9. The second-order valence-corrected chi connectivity index (χ2v) is 19.6. The minimum Gasteiger partial charge on any atom is -0.462 e. The molecular formula is C55H106O6. The Hall–Kier alpha value is -1.59. The van der Waals surface area contributed by atoms with Gasteiger partial charge in [-0.3, -0.25) is 14.4 Å². The molecule has 0 spiro atoms. The fourth-order valence-electron chi connectivity index (χ4n) is 8.31. The predicted octanol–water partition coefficient (Wildman–Crippen LogP) is 17.7. The van der Waals surface area contributed by atoms with E-state index in [9.17, 15) is 14.4 Å². The van der Waals surface area contributed by atoms with E-state index in [4.69, 9.17) is 14.2 Å². The molecular weight excluding hydrogens is 757 g/mol. The maximum atomic E-state index is 12.8. The van der Waals surface area contributed by atoms with Gasteiger partial charge in [-0.15, -0.1) is 0 Å². The molecule has 0 saturated heterocycles. The molecule has 0 heterocycles. The molecule has 0 radical (unpaired) electrons. The molecule has 2 atom stereocenters. The number of carbonyl (C=O) groups is 3. The molecule has 362 valence electrons. The molecule has 0 aliphatic heterocycles. The first kappa shape index (κ1) is 59.4. The third-order valence-electron chi connectivity index (χ3n) is 12.8. The maximum absolute atomic E-state index is 12.8. The third-order valence-corrected chi connectivity index (χ3v) is 12.8. The van der Waals surface area contributed by atoms with Crippen molar-refractivity contribution in [1.82, 2.24) is 0 Å². The van der Waals surface area contributed by atoms with Crippen LogP contribution < -0.4 is 0 Å². The van der Waals surface area contributed by atoms with E-state index in [2.05, 4.69) is 34.6 Å². The lowest BCUT2D eigenvalue weighted by Gasteiger charge is -2.18. The summed E-state index contributed by atoms with van der Waals surface area (Å²) in [5.41, 5.74) is 0. The fraction of sp³-hybridized carbons (Fsp3) is 0.945. The first-order valence-electron chi connectivity index (χ1n) is 27.3. The van der Waals surface area contributed by atoms with Crippen molar-refractivity contribution in [1.29, 1.82) is 0 Å². The van der Waals surface area contributed by atoms with Crippen molar-refractivity contribution in [3.05, 3.63) is 0 Å². The van der Waals surface area contributed by atoms with Crippen LogP contribution >= 0.6 is 0 Å². The molecule has 61 heavy (non-hydrogen) atoms. The van der Waals surface area contributed by atoms with Crippen LogP contribution in [0.1, 0.15) is 304 Å². The normalized spacial score (nSPS) is 12.5. The van der Waals surface area contributed by atoms with Gasteiger partial charge in [-0.05, 0) is 31.1 Å². The summed E-state index contributed by atoms with van der Waals surface area (Å²) in [6.45, 7) is 11.4. The van der Waals surface area contributed by atoms with Crippen molar-refractivity contribution in [3.8, 4) is 0 Å². The van der Waals surface area contributed by atoms with E-state index in [0.29, 0.717) is 19.3 Å². The largest absolute Gasteiger partial charge is 0.462 e. The lowest BCUT2D eigenvalue weighted by molar-refractivity contribution is -0.167. The fourth-order valence-corrected chi connectivity index (χ4v) is 8.31. The van der Waals surface area contributed by atoms with E-state index in [1.54, 1.807) is 0 Å². The Balaban J connectivity index is 4.19. The molecule has 0 aromatic carbocycles. The quantitative estimate of drug-likeness (QED) is 0.0344. The molecule has 0 aromatic heterocycles. The van der Waals surface area contributed by atoms with Crippen LogP contribution in [0.2, 0.25) is 0 Å². The summed E-state index contributed by atoms with van der Waals surface area (Å²) in [5.74, 6) is 0.820. The van der Waals surface area contributed by atoms with Crippen LogP contribution in [0.25, 0.3) is 0 Å². The molecule has 1 unspecified atom stereocenters. The van der Waals surface area contributed by atoms with Crippen molar-refractivity contribution < 1.29 is 28.6 Å². The highest BCUT2D eigenvalue weighted by molar-refractivity contribution is 5.71. The second-order valence-electron chi connectivity index (χ2n) is 19.6. The first-order valence-corrected chi connectivity index (χ1v) is 27.3. The molecule has 6 heteroatoms. The Morgan fingerprint density at radius 1 is 0.344 bits per heavy atom. The van der Waals surface area contributed by atoms with E-state index in [1.165, 1.54) is 193 Å². The Kier molecular flexibility index (Phi) is 46.6. The smallest absolute Gasteiger partial charge is 0.306 e. The Morgan fingerprint density at radius 2 is 0.623 bits per heavy atom. The van der Waals surface area contributed by atoms with Crippen molar-refractivity contribution in [2.24, 2.45) is 11.8 Å². The first-order chi connectivity index (χ1) is 29.8. The molecule has 0 fully saturated rings. The third kappa shape index (κ3) is 47.7.